The lowest BCUT2D eigenvalue weighted by Crippen LogP contribution is -2.15. The van der Waals surface area contributed by atoms with Crippen LogP contribution < -0.4 is 4.74 Å². The van der Waals surface area contributed by atoms with E-state index in [0.717, 1.165) is 5.75 Å². The Morgan fingerprint density at radius 3 is 1.89 bits per heavy atom. The molecule has 0 N–H and O–H groups in total. The Hall–Kier alpha value is -4.62. The highest BCUT2D eigenvalue weighted by molar-refractivity contribution is 6.23. The number of fused-ring (bicyclic) bond motifs is 6. The lowest BCUT2D eigenvalue weighted by atomic mass is 9.83. The Labute approximate surface area is 216 Å². The van der Waals surface area contributed by atoms with Crippen LogP contribution in [0.2, 0.25) is 0 Å². The Balaban J connectivity index is 1.46. The fourth-order valence-corrected chi connectivity index (χ4v) is 6.37. The van der Waals surface area contributed by atoms with Gasteiger partial charge in [0.1, 0.15) is 11.9 Å². The molecule has 0 radical (unpaired) electrons. The lowest BCUT2D eigenvalue weighted by molar-refractivity contribution is 0.269. The largest absolute Gasteiger partial charge is 0.485 e. The molecule has 37 heavy (non-hydrogen) atoms. The summed E-state index contributed by atoms with van der Waals surface area (Å²) in [5, 5.41) is 7.66. The summed E-state index contributed by atoms with van der Waals surface area (Å²) in [4.78, 5) is 0. The van der Waals surface area contributed by atoms with E-state index in [1.54, 1.807) is 0 Å². The van der Waals surface area contributed by atoms with Crippen molar-refractivity contribution in [3.05, 3.63) is 139 Å². The molecule has 2 unspecified atom stereocenters. The molecular formula is C36H24O. The van der Waals surface area contributed by atoms with E-state index in [9.17, 15) is 0 Å². The van der Waals surface area contributed by atoms with Crippen molar-refractivity contribution in [3.8, 4) is 28.0 Å². The molecule has 174 valence electrons. The van der Waals surface area contributed by atoms with E-state index in [0.29, 0.717) is 0 Å². The number of hydrogen-bond donors (Lipinski definition) is 0. The summed E-state index contributed by atoms with van der Waals surface area (Å²) in [6.45, 7) is 0. The van der Waals surface area contributed by atoms with E-state index in [1.165, 1.54) is 60.1 Å². The highest BCUT2D eigenvalue weighted by Crippen LogP contribution is 2.48. The van der Waals surface area contributed by atoms with Crippen LogP contribution in [-0.2, 0) is 0 Å². The second-order valence-corrected chi connectivity index (χ2v) is 10.00. The molecule has 0 saturated carbocycles. The fraction of sp³-hybridized carbons (Fsp3) is 0.0556. The monoisotopic (exact) mass is 472 g/mol. The maximum atomic E-state index is 6.26. The maximum absolute atomic E-state index is 6.26. The number of allylic oxidation sites excluding steroid dienone is 2. The minimum atomic E-state index is 0.0949. The summed E-state index contributed by atoms with van der Waals surface area (Å²) < 4.78 is 6.26. The molecule has 0 saturated heterocycles. The first-order valence-corrected chi connectivity index (χ1v) is 12.9. The van der Waals surface area contributed by atoms with Crippen molar-refractivity contribution in [2.24, 2.45) is 0 Å². The number of rotatable bonds is 2. The molecule has 8 rings (SSSR count). The van der Waals surface area contributed by atoms with E-state index >= 15 is 0 Å². The molecule has 2 atom stereocenters. The zero-order valence-electron chi connectivity index (χ0n) is 20.3. The quantitative estimate of drug-likeness (QED) is 0.228. The maximum Gasteiger partial charge on any atom is 0.128 e. The van der Waals surface area contributed by atoms with Gasteiger partial charge < -0.3 is 4.74 Å². The average Bonchev–Trinajstić information content (AvgIpc) is 3.33. The number of ether oxygens (including phenoxy) is 1. The van der Waals surface area contributed by atoms with E-state index < -0.39 is 0 Å². The Morgan fingerprint density at radius 1 is 0.514 bits per heavy atom. The number of hydrogen-bond acceptors (Lipinski definition) is 1. The topological polar surface area (TPSA) is 9.23 Å². The first-order valence-electron chi connectivity index (χ1n) is 12.9. The number of benzene rings is 6. The van der Waals surface area contributed by atoms with E-state index in [2.05, 4.69) is 133 Å². The molecule has 0 fully saturated rings. The third-order valence-corrected chi connectivity index (χ3v) is 8.00. The van der Waals surface area contributed by atoms with Gasteiger partial charge in [0.15, 0.2) is 0 Å². The summed E-state index contributed by atoms with van der Waals surface area (Å²) >= 11 is 0. The summed E-state index contributed by atoms with van der Waals surface area (Å²) in [6, 6.07) is 39.9. The predicted octanol–water partition coefficient (Wildman–Crippen LogP) is 9.45. The highest BCUT2D eigenvalue weighted by atomic mass is 16.5. The Bertz CT molecular complexity index is 1860. The molecule has 1 nitrogen and oxygen atoms in total. The summed E-state index contributed by atoms with van der Waals surface area (Å²) in [5.41, 5.74) is 6.38. The predicted molar refractivity (Wildman–Crippen MR) is 155 cm³/mol. The fourth-order valence-electron chi connectivity index (χ4n) is 6.37. The van der Waals surface area contributed by atoms with Crippen LogP contribution in [0, 0.1) is 0 Å². The second-order valence-electron chi connectivity index (χ2n) is 10.00. The normalized spacial score (nSPS) is 17.7. The molecule has 1 heteroatoms. The summed E-state index contributed by atoms with van der Waals surface area (Å²) in [7, 11) is 0. The third-order valence-electron chi connectivity index (χ3n) is 8.00. The van der Waals surface area contributed by atoms with Crippen molar-refractivity contribution in [3.63, 3.8) is 0 Å². The van der Waals surface area contributed by atoms with E-state index in [1.807, 2.05) is 0 Å². The molecule has 0 spiro atoms. The van der Waals surface area contributed by atoms with Gasteiger partial charge >= 0.3 is 0 Å². The first kappa shape index (κ1) is 20.6. The Morgan fingerprint density at radius 2 is 1.14 bits per heavy atom. The van der Waals surface area contributed by atoms with Crippen molar-refractivity contribution in [1.82, 2.24) is 0 Å². The van der Waals surface area contributed by atoms with Crippen molar-refractivity contribution in [2.75, 3.05) is 0 Å². The smallest absolute Gasteiger partial charge is 0.128 e. The molecule has 1 aliphatic heterocycles. The van der Waals surface area contributed by atoms with Gasteiger partial charge in [-0.25, -0.2) is 0 Å². The molecule has 6 aromatic carbocycles. The zero-order chi connectivity index (χ0) is 24.3. The molecule has 0 aromatic heterocycles. The van der Waals surface area contributed by atoms with Crippen LogP contribution in [0.25, 0.3) is 54.6 Å². The molecule has 0 amide bonds. The van der Waals surface area contributed by atoms with E-state index in [4.69, 9.17) is 4.74 Å². The van der Waals surface area contributed by atoms with Crippen LogP contribution in [0.15, 0.2) is 133 Å². The first-order chi connectivity index (χ1) is 18.4. The van der Waals surface area contributed by atoms with Crippen molar-refractivity contribution in [2.45, 2.75) is 12.0 Å². The highest BCUT2D eigenvalue weighted by Gasteiger charge is 2.32. The van der Waals surface area contributed by atoms with Crippen molar-refractivity contribution in [1.29, 1.82) is 0 Å². The van der Waals surface area contributed by atoms with Gasteiger partial charge in [-0.2, -0.15) is 0 Å². The van der Waals surface area contributed by atoms with Crippen LogP contribution in [-0.4, -0.2) is 6.10 Å². The molecule has 1 heterocycles. The molecular weight excluding hydrogens is 448 g/mol. The third kappa shape index (κ3) is 3.04. The van der Waals surface area contributed by atoms with Gasteiger partial charge in [-0.15, -0.1) is 0 Å². The SMILES string of the molecule is C1=CC2Oc3ccc(-c4c5ccccc5c(-c5cccc6ccccc56)c5ccccc45)cc3C2C=C1. The van der Waals surface area contributed by atoms with E-state index in [-0.39, 0.29) is 12.0 Å². The average molecular weight is 473 g/mol. The molecule has 2 aliphatic rings. The second kappa shape index (κ2) is 7.94. The van der Waals surface area contributed by atoms with Crippen molar-refractivity contribution < 1.29 is 4.74 Å². The molecule has 1 aliphatic carbocycles. The van der Waals surface area contributed by atoms with Gasteiger partial charge in [0, 0.05) is 11.5 Å². The van der Waals surface area contributed by atoms with Gasteiger partial charge in [-0.1, -0.05) is 115 Å². The van der Waals surface area contributed by atoms with Crippen LogP contribution in [0.5, 0.6) is 5.75 Å². The van der Waals surface area contributed by atoms with Gasteiger partial charge in [0.05, 0.1) is 0 Å². The van der Waals surface area contributed by atoms with Crippen LogP contribution in [0.4, 0.5) is 0 Å². The van der Waals surface area contributed by atoms with Crippen LogP contribution in [0.3, 0.4) is 0 Å². The van der Waals surface area contributed by atoms with Crippen LogP contribution in [0.1, 0.15) is 11.5 Å². The molecule has 0 bridgehead atoms. The zero-order valence-corrected chi connectivity index (χ0v) is 20.3. The lowest BCUT2D eigenvalue weighted by Gasteiger charge is -2.19. The van der Waals surface area contributed by atoms with Gasteiger partial charge in [-0.05, 0) is 72.8 Å². The minimum absolute atomic E-state index is 0.0949. The van der Waals surface area contributed by atoms with Gasteiger partial charge in [0.2, 0.25) is 0 Å². The van der Waals surface area contributed by atoms with Crippen molar-refractivity contribution >= 4 is 32.3 Å². The summed E-state index contributed by atoms with van der Waals surface area (Å²) in [5.74, 6) is 1.27. The standard InChI is InChI=1S/C36H24O/c1-2-12-25-23(10-1)11-9-18-27(25)36-30-16-5-3-14-28(30)35(29-15-4-6-17-31(29)36)24-20-21-34-32(22-24)26-13-7-8-19-33(26)37-34/h1-22,26,33H. The van der Waals surface area contributed by atoms with Crippen LogP contribution >= 0.6 is 0 Å². The molecule has 6 aromatic rings. The van der Waals surface area contributed by atoms with Gasteiger partial charge in [0.25, 0.3) is 0 Å². The Kier molecular flexibility index (Phi) is 4.41. The van der Waals surface area contributed by atoms with Gasteiger partial charge in [-0.3, -0.25) is 0 Å². The minimum Gasteiger partial charge on any atom is -0.485 e. The summed E-state index contributed by atoms with van der Waals surface area (Å²) in [6.07, 6.45) is 8.74.